The Hall–Kier alpha value is -1.89. The van der Waals surface area contributed by atoms with Gasteiger partial charge in [-0.2, -0.15) is 5.26 Å². The fraction of sp³-hybridized carbons (Fsp3) is 0.500. The second-order valence-electron chi connectivity index (χ2n) is 4.91. The average Bonchev–Trinajstić information content (AvgIpc) is 2.90. The van der Waals surface area contributed by atoms with Crippen molar-refractivity contribution < 1.29 is 4.79 Å². The van der Waals surface area contributed by atoms with Crippen LogP contribution in [0.15, 0.2) is 18.5 Å². The van der Waals surface area contributed by atoms with Gasteiger partial charge >= 0.3 is 0 Å². The van der Waals surface area contributed by atoms with E-state index in [-0.39, 0.29) is 5.91 Å². The van der Waals surface area contributed by atoms with Gasteiger partial charge in [0, 0.05) is 26.0 Å². The molecule has 2 rings (SSSR count). The molecule has 0 aromatic carbocycles. The van der Waals surface area contributed by atoms with Gasteiger partial charge in [-0.3, -0.25) is 9.78 Å². The number of carbonyl (C=O) groups is 1. The Morgan fingerprint density at radius 2 is 2.22 bits per heavy atom. The molecule has 1 fully saturated rings. The number of carbonyl (C=O) groups excluding carboxylic acids is 1. The SMILES string of the molecule is CN(CC1CCCC1)C(=O)c1cncc(C#N)c1. The zero-order valence-electron chi connectivity index (χ0n) is 10.6. The normalized spacial score (nSPS) is 15.3. The summed E-state index contributed by atoms with van der Waals surface area (Å²) in [5.74, 6) is 0.581. The lowest BCUT2D eigenvalue weighted by Gasteiger charge is -2.21. The highest BCUT2D eigenvalue weighted by atomic mass is 16.2. The van der Waals surface area contributed by atoms with Gasteiger partial charge in [0.2, 0.25) is 0 Å². The lowest BCUT2D eigenvalue weighted by molar-refractivity contribution is 0.0773. The first kappa shape index (κ1) is 12.6. The minimum atomic E-state index is -0.0495. The first-order valence-electron chi connectivity index (χ1n) is 6.31. The number of rotatable bonds is 3. The number of pyridine rings is 1. The maximum absolute atomic E-state index is 12.2. The molecule has 1 aliphatic carbocycles. The Kier molecular flexibility index (Phi) is 3.93. The minimum Gasteiger partial charge on any atom is -0.341 e. The second kappa shape index (κ2) is 5.63. The predicted molar refractivity (Wildman–Crippen MR) is 67.9 cm³/mol. The van der Waals surface area contributed by atoms with Crippen LogP contribution in [0.25, 0.3) is 0 Å². The van der Waals surface area contributed by atoms with Crippen molar-refractivity contribution in [3.8, 4) is 6.07 Å². The van der Waals surface area contributed by atoms with Gasteiger partial charge < -0.3 is 4.90 Å². The largest absolute Gasteiger partial charge is 0.341 e. The van der Waals surface area contributed by atoms with E-state index in [1.54, 1.807) is 11.0 Å². The minimum absolute atomic E-state index is 0.0495. The standard InChI is InChI=1S/C14H17N3O/c1-17(10-11-4-2-3-5-11)14(18)13-6-12(7-15)8-16-9-13/h6,8-9,11H,2-5,10H2,1H3. The topological polar surface area (TPSA) is 57.0 Å². The molecule has 0 saturated heterocycles. The molecule has 4 nitrogen and oxygen atoms in total. The molecule has 1 saturated carbocycles. The number of nitriles is 1. The monoisotopic (exact) mass is 243 g/mol. The van der Waals surface area contributed by atoms with E-state index >= 15 is 0 Å². The first-order valence-corrected chi connectivity index (χ1v) is 6.31. The highest BCUT2D eigenvalue weighted by molar-refractivity contribution is 5.94. The third kappa shape index (κ3) is 2.86. The quantitative estimate of drug-likeness (QED) is 0.817. The molecule has 4 heteroatoms. The van der Waals surface area contributed by atoms with Gasteiger partial charge in [0.1, 0.15) is 6.07 Å². The molecule has 1 aromatic rings. The van der Waals surface area contributed by atoms with Crippen molar-refractivity contribution in [2.24, 2.45) is 5.92 Å². The molecule has 0 atom stereocenters. The molecular formula is C14H17N3O. The molecule has 1 amide bonds. The van der Waals surface area contributed by atoms with E-state index in [1.807, 2.05) is 13.1 Å². The van der Waals surface area contributed by atoms with Crippen LogP contribution in [0.2, 0.25) is 0 Å². The first-order chi connectivity index (χ1) is 8.70. The van der Waals surface area contributed by atoms with Crippen LogP contribution >= 0.6 is 0 Å². The van der Waals surface area contributed by atoms with Crippen LogP contribution in [0.1, 0.15) is 41.6 Å². The summed E-state index contributed by atoms with van der Waals surface area (Å²) in [6.45, 7) is 0.801. The van der Waals surface area contributed by atoms with Crippen molar-refractivity contribution in [3.05, 3.63) is 29.6 Å². The maximum Gasteiger partial charge on any atom is 0.255 e. The van der Waals surface area contributed by atoms with Crippen LogP contribution in [0.3, 0.4) is 0 Å². The fourth-order valence-electron chi connectivity index (χ4n) is 2.50. The molecule has 0 bridgehead atoms. The smallest absolute Gasteiger partial charge is 0.255 e. The van der Waals surface area contributed by atoms with Gasteiger partial charge in [0.25, 0.3) is 5.91 Å². The molecule has 0 N–H and O–H groups in total. The van der Waals surface area contributed by atoms with E-state index in [9.17, 15) is 4.79 Å². The van der Waals surface area contributed by atoms with Crippen LogP contribution in [0.5, 0.6) is 0 Å². The summed E-state index contributed by atoms with van der Waals surface area (Å²) in [5.41, 5.74) is 0.921. The summed E-state index contributed by atoms with van der Waals surface area (Å²) in [4.78, 5) is 17.8. The van der Waals surface area contributed by atoms with Gasteiger partial charge in [-0.15, -0.1) is 0 Å². The lowest BCUT2D eigenvalue weighted by atomic mass is 10.1. The van der Waals surface area contributed by atoms with Crippen molar-refractivity contribution in [3.63, 3.8) is 0 Å². The van der Waals surface area contributed by atoms with Crippen LogP contribution in [-0.4, -0.2) is 29.4 Å². The van der Waals surface area contributed by atoms with Crippen molar-refractivity contribution in [2.45, 2.75) is 25.7 Å². The highest BCUT2D eigenvalue weighted by Gasteiger charge is 2.20. The third-order valence-electron chi connectivity index (χ3n) is 3.47. The lowest BCUT2D eigenvalue weighted by Crippen LogP contribution is -2.31. The highest BCUT2D eigenvalue weighted by Crippen LogP contribution is 2.25. The zero-order chi connectivity index (χ0) is 13.0. The van der Waals surface area contributed by atoms with Gasteiger partial charge in [-0.1, -0.05) is 12.8 Å². The number of nitrogens with zero attached hydrogens (tertiary/aromatic N) is 3. The van der Waals surface area contributed by atoms with E-state index in [0.29, 0.717) is 17.0 Å². The summed E-state index contributed by atoms with van der Waals surface area (Å²) in [6, 6.07) is 3.60. The zero-order valence-corrected chi connectivity index (χ0v) is 10.6. The Morgan fingerprint density at radius 1 is 1.50 bits per heavy atom. The van der Waals surface area contributed by atoms with Gasteiger partial charge in [-0.25, -0.2) is 0 Å². The molecule has 0 aliphatic heterocycles. The van der Waals surface area contributed by atoms with E-state index < -0.39 is 0 Å². The molecule has 1 aliphatic rings. The Labute approximate surface area is 107 Å². The van der Waals surface area contributed by atoms with Crippen LogP contribution in [-0.2, 0) is 0 Å². The van der Waals surface area contributed by atoms with Gasteiger partial charge in [0.15, 0.2) is 0 Å². The number of amides is 1. The summed E-state index contributed by atoms with van der Waals surface area (Å²) in [5, 5.41) is 8.80. The average molecular weight is 243 g/mol. The number of aromatic nitrogens is 1. The third-order valence-corrected chi connectivity index (χ3v) is 3.47. The molecule has 1 aromatic heterocycles. The molecule has 94 valence electrons. The van der Waals surface area contributed by atoms with E-state index in [1.165, 1.54) is 38.1 Å². The molecular weight excluding hydrogens is 226 g/mol. The second-order valence-corrected chi connectivity index (χ2v) is 4.91. The van der Waals surface area contributed by atoms with Crippen LogP contribution in [0, 0.1) is 17.2 Å². The summed E-state index contributed by atoms with van der Waals surface area (Å²) in [7, 11) is 1.82. The van der Waals surface area contributed by atoms with Gasteiger partial charge in [0.05, 0.1) is 11.1 Å². The van der Waals surface area contributed by atoms with Crippen LogP contribution < -0.4 is 0 Å². The van der Waals surface area contributed by atoms with Crippen molar-refractivity contribution >= 4 is 5.91 Å². The fourth-order valence-corrected chi connectivity index (χ4v) is 2.50. The Bertz CT molecular complexity index is 472. The van der Waals surface area contributed by atoms with E-state index in [2.05, 4.69) is 4.98 Å². The number of hydrogen-bond donors (Lipinski definition) is 0. The van der Waals surface area contributed by atoms with Crippen molar-refractivity contribution in [1.82, 2.24) is 9.88 Å². The maximum atomic E-state index is 12.2. The summed E-state index contributed by atoms with van der Waals surface area (Å²) in [6.07, 6.45) is 7.97. The van der Waals surface area contributed by atoms with Gasteiger partial charge in [-0.05, 0) is 24.8 Å². The van der Waals surface area contributed by atoms with Crippen molar-refractivity contribution in [1.29, 1.82) is 5.26 Å². The molecule has 0 unspecified atom stereocenters. The molecule has 1 heterocycles. The Morgan fingerprint density at radius 3 is 2.89 bits per heavy atom. The molecule has 0 radical (unpaired) electrons. The van der Waals surface area contributed by atoms with E-state index in [0.717, 1.165) is 6.54 Å². The number of hydrogen-bond acceptors (Lipinski definition) is 3. The van der Waals surface area contributed by atoms with Crippen LogP contribution in [0.4, 0.5) is 0 Å². The van der Waals surface area contributed by atoms with Crippen molar-refractivity contribution in [2.75, 3.05) is 13.6 Å². The Balaban J connectivity index is 2.03. The summed E-state index contributed by atoms with van der Waals surface area (Å²) >= 11 is 0. The molecule has 18 heavy (non-hydrogen) atoms. The predicted octanol–water partition coefficient (Wildman–Crippen LogP) is 2.22. The summed E-state index contributed by atoms with van der Waals surface area (Å²) < 4.78 is 0. The van der Waals surface area contributed by atoms with E-state index in [4.69, 9.17) is 5.26 Å². The molecule has 0 spiro atoms.